The zero-order chi connectivity index (χ0) is 10.6. The molecule has 4 heteroatoms. The molecule has 0 aromatic heterocycles. The Labute approximate surface area is 83.0 Å². The molecule has 0 unspecified atom stereocenters. The molecule has 0 atom stereocenters. The van der Waals surface area contributed by atoms with Crippen molar-refractivity contribution in [2.75, 3.05) is 6.61 Å². The van der Waals surface area contributed by atoms with E-state index in [0.717, 1.165) is 6.42 Å². The van der Waals surface area contributed by atoms with E-state index >= 15 is 0 Å². The first kappa shape index (κ1) is 10.9. The number of nitrogens with one attached hydrogen (secondary N) is 1. The summed E-state index contributed by atoms with van der Waals surface area (Å²) in [7, 11) is 0. The molecule has 2 N–H and O–H groups in total. The Morgan fingerprint density at radius 1 is 1.14 bits per heavy atom. The van der Waals surface area contributed by atoms with E-state index in [1.807, 2.05) is 6.92 Å². The summed E-state index contributed by atoms with van der Waals surface area (Å²) in [5.41, 5.74) is 1.16. The van der Waals surface area contributed by atoms with E-state index in [1.54, 1.807) is 0 Å². The third-order valence-electron chi connectivity index (χ3n) is 2.22. The van der Waals surface area contributed by atoms with E-state index in [9.17, 15) is 9.59 Å². The highest BCUT2D eigenvalue weighted by Gasteiger charge is 2.28. The van der Waals surface area contributed by atoms with Gasteiger partial charge in [-0.05, 0) is 19.3 Å². The van der Waals surface area contributed by atoms with Crippen LogP contribution in [0.3, 0.4) is 0 Å². The van der Waals surface area contributed by atoms with Crippen molar-refractivity contribution in [1.29, 1.82) is 0 Å². The molecule has 2 amide bonds. The summed E-state index contributed by atoms with van der Waals surface area (Å²) in [5.74, 6) is -0.545. The summed E-state index contributed by atoms with van der Waals surface area (Å²) in [6.45, 7) is 2.01. The number of carbonyl (C=O) groups excluding carboxylic acids is 2. The minimum absolute atomic E-state index is 0.0460. The van der Waals surface area contributed by atoms with Crippen LogP contribution >= 0.6 is 0 Å². The maximum Gasteiger partial charge on any atom is 0.254 e. The van der Waals surface area contributed by atoms with Crippen molar-refractivity contribution in [2.24, 2.45) is 0 Å². The second kappa shape index (κ2) is 4.91. The first-order chi connectivity index (χ1) is 6.70. The van der Waals surface area contributed by atoms with Crippen LogP contribution in [-0.4, -0.2) is 23.5 Å². The third-order valence-corrected chi connectivity index (χ3v) is 2.22. The number of aliphatic hydroxyl groups is 1. The van der Waals surface area contributed by atoms with Gasteiger partial charge >= 0.3 is 0 Å². The monoisotopic (exact) mass is 197 g/mol. The molecule has 0 radical (unpaired) electrons. The number of hydrogen-bond acceptors (Lipinski definition) is 3. The fourth-order valence-electron chi connectivity index (χ4n) is 1.56. The molecule has 14 heavy (non-hydrogen) atoms. The predicted molar refractivity (Wildman–Crippen MR) is 51.4 cm³/mol. The molecule has 0 aromatic rings. The lowest BCUT2D eigenvalue weighted by Gasteiger charge is -2.00. The number of amides is 2. The predicted octanol–water partition coefficient (Wildman–Crippen LogP) is 0.512. The fraction of sp³-hybridized carbons (Fsp3) is 0.600. The standard InChI is InChI=1S/C10H15NO3/c1-2-4-7-8(5-3-6-12)10(14)11-9(7)13/h12H,2-6H2,1H3,(H,11,13,14). The molecule has 0 saturated heterocycles. The van der Waals surface area contributed by atoms with Gasteiger partial charge in [-0.15, -0.1) is 0 Å². The zero-order valence-corrected chi connectivity index (χ0v) is 8.30. The molecule has 0 bridgehead atoms. The lowest BCUT2D eigenvalue weighted by Crippen LogP contribution is -2.23. The molecule has 0 saturated carbocycles. The largest absolute Gasteiger partial charge is 0.396 e. The van der Waals surface area contributed by atoms with Crippen LogP contribution in [0.15, 0.2) is 11.1 Å². The first-order valence-electron chi connectivity index (χ1n) is 4.89. The van der Waals surface area contributed by atoms with Crippen LogP contribution in [0, 0.1) is 0 Å². The molecule has 1 aliphatic heterocycles. The van der Waals surface area contributed by atoms with E-state index in [-0.39, 0.29) is 18.4 Å². The Morgan fingerprint density at radius 2 is 1.71 bits per heavy atom. The van der Waals surface area contributed by atoms with Crippen molar-refractivity contribution in [3.05, 3.63) is 11.1 Å². The van der Waals surface area contributed by atoms with E-state index in [0.29, 0.717) is 30.4 Å². The Balaban J connectivity index is 2.79. The highest BCUT2D eigenvalue weighted by atomic mass is 16.3. The summed E-state index contributed by atoms with van der Waals surface area (Å²) in [6, 6.07) is 0. The van der Waals surface area contributed by atoms with Gasteiger partial charge in [0.25, 0.3) is 11.8 Å². The van der Waals surface area contributed by atoms with Gasteiger partial charge in [0, 0.05) is 17.8 Å². The van der Waals surface area contributed by atoms with E-state index in [2.05, 4.69) is 5.32 Å². The van der Waals surface area contributed by atoms with Crippen LogP contribution in [-0.2, 0) is 9.59 Å². The van der Waals surface area contributed by atoms with Crippen LogP contribution < -0.4 is 5.32 Å². The van der Waals surface area contributed by atoms with E-state index in [1.165, 1.54) is 0 Å². The summed E-state index contributed by atoms with van der Waals surface area (Å²) < 4.78 is 0. The Bertz CT molecular complexity index is 281. The second-order valence-corrected chi connectivity index (χ2v) is 3.32. The minimum Gasteiger partial charge on any atom is -0.396 e. The maximum atomic E-state index is 11.3. The molecule has 1 rings (SSSR count). The van der Waals surface area contributed by atoms with Crippen molar-refractivity contribution in [2.45, 2.75) is 32.6 Å². The van der Waals surface area contributed by atoms with Crippen LogP contribution in [0.2, 0.25) is 0 Å². The van der Waals surface area contributed by atoms with Gasteiger partial charge in [-0.25, -0.2) is 0 Å². The van der Waals surface area contributed by atoms with Crippen molar-refractivity contribution in [1.82, 2.24) is 5.32 Å². The van der Waals surface area contributed by atoms with Crippen LogP contribution in [0.25, 0.3) is 0 Å². The van der Waals surface area contributed by atoms with Crippen LogP contribution in [0.5, 0.6) is 0 Å². The second-order valence-electron chi connectivity index (χ2n) is 3.32. The summed E-state index contributed by atoms with van der Waals surface area (Å²) in [5, 5.41) is 10.9. The number of rotatable bonds is 5. The number of imide groups is 1. The smallest absolute Gasteiger partial charge is 0.254 e. The van der Waals surface area contributed by atoms with Gasteiger partial charge in [-0.3, -0.25) is 14.9 Å². The van der Waals surface area contributed by atoms with Gasteiger partial charge in [0.2, 0.25) is 0 Å². The molecule has 78 valence electrons. The quantitative estimate of drug-likeness (QED) is 0.631. The zero-order valence-electron chi connectivity index (χ0n) is 8.30. The summed E-state index contributed by atoms with van der Waals surface area (Å²) in [6.07, 6.45) is 2.50. The SMILES string of the molecule is CCCC1=C(CCCO)C(=O)NC1=O. The average molecular weight is 197 g/mol. The number of aliphatic hydroxyl groups excluding tert-OH is 1. The normalized spacial score (nSPS) is 16.4. The maximum absolute atomic E-state index is 11.3. The molecule has 0 aromatic carbocycles. The molecular formula is C10H15NO3. The van der Waals surface area contributed by atoms with Crippen LogP contribution in [0.1, 0.15) is 32.6 Å². The Kier molecular flexibility index (Phi) is 3.83. The van der Waals surface area contributed by atoms with Gasteiger partial charge in [0.05, 0.1) is 0 Å². The average Bonchev–Trinajstić information content (AvgIpc) is 2.40. The van der Waals surface area contributed by atoms with Gasteiger partial charge in [0.15, 0.2) is 0 Å². The van der Waals surface area contributed by atoms with Gasteiger partial charge in [-0.2, -0.15) is 0 Å². The van der Waals surface area contributed by atoms with E-state index in [4.69, 9.17) is 5.11 Å². The molecular weight excluding hydrogens is 182 g/mol. The topological polar surface area (TPSA) is 66.4 Å². The van der Waals surface area contributed by atoms with Crippen molar-refractivity contribution in [3.63, 3.8) is 0 Å². The van der Waals surface area contributed by atoms with Crippen molar-refractivity contribution < 1.29 is 14.7 Å². The molecule has 0 aliphatic carbocycles. The minimum atomic E-state index is -0.285. The van der Waals surface area contributed by atoms with Gasteiger partial charge in [-0.1, -0.05) is 13.3 Å². The molecule has 0 fully saturated rings. The van der Waals surface area contributed by atoms with Gasteiger partial charge in [0.1, 0.15) is 0 Å². The van der Waals surface area contributed by atoms with Gasteiger partial charge < -0.3 is 5.11 Å². The molecule has 1 aliphatic rings. The highest BCUT2D eigenvalue weighted by Crippen LogP contribution is 2.21. The Morgan fingerprint density at radius 3 is 2.21 bits per heavy atom. The molecule has 1 heterocycles. The summed E-state index contributed by atoms with van der Waals surface area (Å²) >= 11 is 0. The first-order valence-corrected chi connectivity index (χ1v) is 4.89. The molecule has 4 nitrogen and oxygen atoms in total. The number of carbonyl (C=O) groups is 2. The van der Waals surface area contributed by atoms with E-state index < -0.39 is 0 Å². The summed E-state index contributed by atoms with van der Waals surface area (Å²) in [4.78, 5) is 22.6. The van der Waals surface area contributed by atoms with Crippen LogP contribution in [0.4, 0.5) is 0 Å². The lowest BCUT2D eigenvalue weighted by atomic mass is 10.0. The van der Waals surface area contributed by atoms with Crippen molar-refractivity contribution in [3.8, 4) is 0 Å². The highest BCUT2D eigenvalue weighted by molar-refractivity contribution is 6.19. The third kappa shape index (κ3) is 2.20. The fourth-order valence-corrected chi connectivity index (χ4v) is 1.56. The Hall–Kier alpha value is -1.16. The lowest BCUT2D eigenvalue weighted by molar-refractivity contribution is -0.124. The van der Waals surface area contributed by atoms with Crippen molar-refractivity contribution >= 4 is 11.8 Å². The number of hydrogen-bond donors (Lipinski definition) is 2. The molecule has 0 spiro atoms.